The van der Waals surface area contributed by atoms with Gasteiger partial charge in [0.15, 0.2) is 10.1 Å². The fraction of sp³-hybridized carbons (Fsp3) is 0.130. The molecule has 0 bridgehead atoms. The van der Waals surface area contributed by atoms with Gasteiger partial charge in [-0.2, -0.15) is 0 Å². The van der Waals surface area contributed by atoms with Crippen LogP contribution < -0.4 is 0 Å². The van der Waals surface area contributed by atoms with Crippen molar-refractivity contribution in [2.24, 2.45) is 0 Å². The summed E-state index contributed by atoms with van der Waals surface area (Å²) in [4.78, 5) is 43.7. The van der Waals surface area contributed by atoms with Crippen LogP contribution in [0.15, 0.2) is 69.9 Å². The minimum absolute atomic E-state index is 0.238. The van der Waals surface area contributed by atoms with Gasteiger partial charge in [-0.15, -0.1) is 11.3 Å². The van der Waals surface area contributed by atoms with Crippen molar-refractivity contribution in [3.8, 4) is 0 Å². The Morgan fingerprint density at radius 3 is 2.47 bits per heavy atom. The lowest BCUT2D eigenvalue weighted by Crippen LogP contribution is -2.33. The van der Waals surface area contributed by atoms with Crippen LogP contribution in [-0.4, -0.2) is 39.1 Å². The number of hydrogen-bond acceptors (Lipinski definition) is 7. The van der Waals surface area contributed by atoms with Crippen molar-refractivity contribution >= 4 is 69.5 Å². The zero-order chi connectivity index (χ0) is 22.5. The number of thioether (sulfide) groups is 2. The summed E-state index contributed by atoms with van der Waals surface area (Å²) in [5.74, 6) is 0.0694. The number of amides is 2. The lowest BCUT2D eigenvalue weighted by Gasteiger charge is -2.11. The van der Waals surface area contributed by atoms with Crippen LogP contribution in [0.2, 0.25) is 5.15 Å². The van der Waals surface area contributed by atoms with E-state index in [1.54, 1.807) is 48.2 Å². The molecule has 1 aliphatic heterocycles. The van der Waals surface area contributed by atoms with E-state index in [4.69, 9.17) is 11.6 Å². The van der Waals surface area contributed by atoms with E-state index in [9.17, 15) is 14.4 Å². The van der Waals surface area contributed by atoms with Gasteiger partial charge in [0, 0.05) is 11.3 Å². The Morgan fingerprint density at radius 1 is 1.06 bits per heavy atom. The van der Waals surface area contributed by atoms with Gasteiger partial charge in [-0.3, -0.25) is 19.3 Å². The number of aryl methyl sites for hydroxylation is 1. The zero-order valence-corrected chi connectivity index (χ0v) is 19.9. The third-order valence-corrected chi connectivity index (χ3v) is 8.04. The molecule has 9 heteroatoms. The Morgan fingerprint density at radius 2 is 1.75 bits per heavy atom. The largest absolute Gasteiger partial charge is 0.293 e. The molecule has 0 aliphatic carbocycles. The van der Waals surface area contributed by atoms with Crippen molar-refractivity contribution in [3.63, 3.8) is 0 Å². The molecule has 0 radical (unpaired) electrons. The van der Waals surface area contributed by atoms with Crippen LogP contribution in [0.5, 0.6) is 0 Å². The number of imide groups is 1. The number of rotatable bonds is 8. The second-order valence-corrected chi connectivity index (χ2v) is 10.5. The maximum absolute atomic E-state index is 12.7. The highest BCUT2D eigenvalue weighted by atomic mass is 35.5. The Bertz CT molecular complexity index is 1180. The van der Waals surface area contributed by atoms with E-state index in [1.807, 2.05) is 18.2 Å². The number of nitrogens with zero attached hydrogens (tertiary/aromatic N) is 2. The molecule has 0 saturated carbocycles. The van der Waals surface area contributed by atoms with E-state index >= 15 is 0 Å². The molecule has 32 heavy (non-hydrogen) atoms. The highest BCUT2D eigenvalue weighted by Crippen LogP contribution is 2.37. The molecular weight excluding hydrogens is 484 g/mol. The molecular formula is C23H17ClN2O3S3. The SMILES string of the molecule is O=C(CN1C(=O)S/C(=C\c2sc(SCCc3ccccc3)nc2Cl)C1=O)c1ccccc1. The predicted molar refractivity (Wildman–Crippen MR) is 131 cm³/mol. The molecule has 0 N–H and O–H groups in total. The van der Waals surface area contributed by atoms with Crippen molar-refractivity contribution < 1.29 is 14.4 Å². The monoisotopic (exact) mass is 500 g/mol. The number of ketones is 1. The van der Waals surface area contributed by atoms with Gasteiger partial charge in [-0.05, 0) is 29.8 Å². The van der Waals surface area contributed by atoms with Crippen LogP contribution in [0.4, 0.5) is 4.79 Å². The average molecular weight is 501 g/mol. The molecule has 1 saturated heterocycles. The third-order valence-electron chi connectivity index (χ3n) is 4.58. The van der Waals surface area contributed by atoms with E-state index in [0.29, 0.717) is 15.6 Å². The Balaban J connectivity index is 1.40. The van der Waals surface area contributed by atoms with Crippen LogP contribution in [0, 0.1) is 0 Å². The number of benzene rings is 2. The highest BCUT2D eigenvalue weighted by molar-refractivity contribution is 8.18. The lowest BCUT2D eigenvalue weighted by molar-refractivity contribution is -0.122. The van der Waals surface area contributed by atoms with Crippen LogP contribution >= 0.6 is 46.5 Å². The fourth-order valence-electron chi connectivity index (χ4n) is 2.96. The average Bonchev–Trinajstić information content (AvgIpc) is 3.28. The van der Waals surface area contributed by atoms with E-state index in [-0.39, 0.29) is 17.2 Å². The summed E-state index contributed by atoms with van der Waals surface area (Å²) in [7, 11) is 0. The van der Waals surface area contributed by atoms with Crippen LogP contribution in [0.25, 0.3) is 6.08 Å². The number of aromatic nitrogens is 1. The number of halogens is 1. The van der Waals surface area contributed by atoms with Crippen LogP contribution in [-0.2, 0) is 11.2 Å². The molecule has 4 rings (SSSR count). The normalized spacial score (nSPS) is 15.0. The summed E-state index contributed by atoms with van der Waals surface area (Å²) in [6.07, 6.45) is 2.49. The van der Waals surface area contributed by atoms with Gasteiger partial charge in [-0.1, -0.05) is 84.0 Å². The van der Waals surface area contributed by atoms with Gasteiger partial charge in [0.25, 0.3) is 11.1 Å². The van der Waals surface area contributed by atoms with E-state index in [1.165, 1.54) is 16.9 Å². The summed E-state index contributed by atoms with van der Waals surface area (Å²) in [5.41, 5.74) is 1.71. The second-order valence-electron chi connectivity index (χ2n) is 6.78. The maximum Gasteiger partial charge on any atom is 0.293 e. The Labute approximate surface area is 202 Å². The smallest absolute Gasteiger partial charge is 0.292 e. The minimum atomic E-state index is -0.493. The second kappa shape index (κ2) is 10.5. The quantitative estimate of drug-likeness (QED) is 0.213. The first-order valence-corrected chi connectivity index (χ1v) is 12.7. The first-order valence-electron chi connectivity index (χ1n) is 9.68. The molecule has 3 aromatic rings. The first kappa shape index (κ1) is 22.8. The summed E-state index contributed by atoms with van der Waals surface area (Å²) in [5, 5.41) is -0.173. The molecule has 5 nitrogen and oxygen atoms in total. The maximum atomic E-state index is 12.7. The molecule has 162 valence electrons. The molecule has 2 amide bonds. The standard InChI is InChI=1S/C23H17ClN2O3S3/c24-20-18(31-22(25-20)30-12-11-15-7-3-1-4-8-15)13-19-21(28)26(23(29)32-19)14-17(27)16-9-5-2-6-10-16/h1-10,13H,11-12,14H2/b19-13-. The van der Waals surface area contributed by atoms with Gasteiger partial charge in [0.05, 0.1) is 16.3 Å². The van der Waals surface area contributed by atoms with Gasteiger partial charge in [-0.25, -0.2) is 4.98 Å². The summed E-state index contributed by atoms with van der Waals surface area (Å²) in [6.45, 7) is -0.289. The van der Waals surface area contributed by atoms with E-state index in [2.05, 4.69) is 17.1 Å². The van der Waals surface area contributed by atoms with Crippen molar-refractivity contribution in [2.75, 3.05) is 12.3 Å². The lowest BCUT2D eigenvalue weighted by atomic mass is 10.1. The zero-order valence-electron chi connectivity index (χ0n) is 16.7. The van der Waals surface area contributed by atoms with E-state index in [0.717, 1.165) is 33.2 Å². The van der Waals surface area contributed by atoms with E-state index < -0.39 is 11.1 Å². The number of thiazole rings is 1. The highest BCUT2D eigenvalue weighted by Gasteiger charge is 2.36. The number of carbonyl (C=O) groups excluding carboxylic acids is 3. The van der Waals surface area contributed by atoms with Crippen molar-refractivity contribution in [2.45, 2.75) is 10.8 Å². The number of hydrogen-bond donors (Lipinski definition) is 0. The van der Waals surface area contributed by atoms with Gasteiger partial charge >= 0.3 is 0 Å². The van der Waals surface area contributed by atoms with Crippen molar-refractivity contribution in [1.29, 1.82) is 0 Å². The van der Waals surface area contributed by atoms with Crippen molar-refractivity contribution in [1.82, 2.24) is 9.88 Å². The van der Waals surface area contributed by atoms with Crippen molar-refractivity contribution in [3.05, 3.63) is 86.7 Å². The fourth-order valence-corrected chi connectivity index (χ4v) is 6.26. The topological polar surface area (TPSA) is 67.3 Å². The summed E-state index contributed by atoms with van der Waals surface area (Å²) < 4.78 is 0.802. The number of carbonyl (C=O) groups is 3. The number of Topliss-reactive ketones (excluding diaryl/α,β-unsaturated/α-hetero) is 1. The molecule has 0 unspecified atom stereocenters. The van der Waals surface area contributed by atoms with Gasteiger partial charge in [0.2, 0.25) is 0 Å². The summed E-state index contributed by atoms with van der Waals surface area (Å²) in [6, 6.07) is 18.8. The van der Waals surface area contributed by atoms with Crippen LogP contribution in [0.1, 0.15) is 20.8 Å². The first-order chi connectivity index (χ1) is 15.5. The van der Waals surface area contributed by atoms with Crippen LogP contribution in [0.3, 0.4) is 0 Å². The molecule has 1 fully saturated rings. The molecule has 2 heterocycles. The molecule has 0 atom stereocenters. The van der Waals surface area contributed by atoms with Gasteiger partial charge < -0.3 is 0 Å². The predicted octanol–water partition coefficient (Wildman–Crippen LogP) is 6.05. The van der Waals surface area contributed by atoms with Gasteiger partial charge in [0.1, 0.15) is 5.15 Å². The Kier molecular flexibility index (Phi) is 7.47. The molecule has 1 aromatic heterocycles. The Hall–Kier alpha value is -2.39. The third kappa shape index (κ3) is 5.50. The minimum Gasteiger partial charge on any atom is -0.292 e. The molecule has 2 aromatic carbocycles. The summed E-state index contributed by atoms with van der Waals surface area (Å²) >= 11 is 10.1. The molecule has 1 aliphatic rings. The molecule has 0 spiro atoms.